The summed E-state index contributed by atoms with van der Waals surface area (Å²) < 4.78 is 81.9. The first kappa shape index (κ1) is 34.7. The lowest BCUT2D eigenvalue weighted by Gasteiger charge is -2.35. The molecule has 1 heterocycles. The van der Waals surface area contributed by atoms with Crippen molar-refractivity contribution in [2.75, 3.05) is 11.5 Å². The van der Waals surface area contributed by atoms with Crippen LogP contribution in [0, 0.1) is 17.8 Å². The van der Waals surface area contributed by atoms with Gasteiger partial charge in [0.05, 0.1) is 41.4 Å². The molecule has 4 rings (SSSR count). The van der Waals surface area contributed by atoms with E-state index in [1.165, 1.54) is 0 Å². The average molecular weight is 705 g/mol. The zero-order valence-electron chi connectivity index (χ0n) is 24.3. The largest absolute Gasteiger partial charge is 0.507 e. The van der Waals surface area contributed by atoms with E-state index < -0.39 is 71.4 Å². The Morgan fingerprint density at radius 1 is 1.02 bits per heavy atom. The summed E-state index contributed by atoms with van der Waals surface area (Å²) in [6.07, 6.45) is -7.80. The number of phenolic OH excluding ortho intramolecular Hbond substituents is 1. The van der Waals surface area contributed by atoms with Gasteiger partial charge < -0.3 is 15.3 Å². The minimum absolute atomic E-state index is 0.0662. The molecule has 1 aliphatic carbocycles. The molecule has 0 aromatic heterocycles. The predicted molar refractivity (Wildman–Crippen MR) is 158 cm³/mol. The second-order valence-corrected chi connectivity index (χ2v) is 12.4. The number of aliphatic hydroxyl groups excluding tert-OH is 2. The van der Waals surface area contributed by atoms with E-state index in [9.17, 15) is 51.3 Å². The van der Waals surface area contributed by atoms with Crippen molar-refractivity contribution in [2.24, 2.45) is 17.8 Å². The number of aliphatic hydroxyl groups is 2. The first-order chi connectivity index (χ1) is 21.0. The Balaban J connectivity index is 1.63. The molecule has 0 saturated carbocycles. The van der Waals surface area contributed by atoms with Crippen LogP contribution in [-0.2, 0) is 21.9 Å². The molecule has 6 nitrogen and oxygen atoms in total. The van der Waals surface area contributed by atoms with Gasteiger partial charge in [0.15, 0.2) is 0 Å². The van der Waals surface area contributed by atoms with Crippen LogP contribution >= 0.6 is 15.9 Å². The van der Waals surface area contributed by atoms with Crippen LogP contribution in [0.2, 0.25) is 0 Å². The number of aromatic hydroxyl groups is 1. The van der Waals surface area contributed by atoms with Crippen molar-refractivity contribution < 1.29 is 51.3 Å². The summed E-state index contributed by atoms with van der Waals surface area (Å²) in [6, 6.07) is 5.55. The summed E-state index contributed by atoms with van der Waals surface area (Å²) in [4.78, 5) is 27.4. The first-order valence-corrected chi connectivity index (χ1v) is 15.1. The third kappa shape index (κ3) is 7.30. The van der Waals surface area contributed by atoms with Gasteiger partial charge in [-0.2, -0.15) is 26.3 Å². The van der Waals surface area contributed by atoms with Gasteiger partial charge in [-0.1, -0.05) is 46.5 Å². The van der Waals surface area contributed by atoms with Crippen LogP contribution in [0.25, 0.3) is 6.08 Å². The number of hydrogen-bond acceptors (Lipinski definition) is 5. The Kier molecular flexibility index (Phi) is 10.3. The van der Waals surface area contributed by atoms with Crippen molar-refractivity contribution >= 4 is 39.5 Å². The molecule has 1 saturated heterocycles. The summed E-state index contributed by atoms with van der Waals surface area (Å²) in [7, 11) is 0. The fourth-order valence-corrected chi connectivity index (χ4v) is 6.75. The van der Waals surface area contributed by atoms with Gasteiger partial charge in [-0.25, -0.2) is 4.90 Å². The van der Waals surface area contributed by atoms with Crippen molar-refractivity contribution in [3.63, 3.8) is 0 Å². The van der Waals surface area contributed by atoms with Crippen LogP contribution in [-0.4, -0.2) is 39.8 Å². The van der Waals surface area contributed by atoms with Gasteiger partial charge in [-0.15, -0.1) is 0 Å². The smallest absolute Gasteiger partial charge is 0.416 e. The molecule has 0 radical (unpaired) electrons. The van der Waals surface area contributed by atoms with E-state index >= 15 is 0 Å². The van der Waals surface area contributed by atoms with Gasteiger partial charge in [-0.3, -0.25) is 9.59 Å². The molecular weight excluding hydrogens is 672 g/mol. The van der Waals surface area contributed by atoms with E-state index in [0.29, 0.717) is 46.6 Å². The number of anilines is 1. The highest BCUT2D eigenvalue weighted by molar-refractivity contribution is 9.10. The molecule has 2 aliphatic rings. The number of allylic oxidation sites excluding steroid dienone is 2. The van der Waals surface area contributed by atoms with Crippen LogP contribution in [0.5, 0.6) is 5.75 Å². The molecule has 0 unspecified atom stereocenters. The summed E-state index contributed by atoms with van der Waals surface area (Å²) in [5.74, 6) is -5.44. The molecule has 0 spiro atoms. The molecule has 2 aromatic carbocycles. The van der Waals surface area contributed by atoms with E-state index in [2.05, 4.69) is 15.9 Å². The highest BCUT2D eigenvalue weighted by Gasteiger charge is 2.55. The van der Waals surface area contributed by atoms with Crippen molar-refractivity contribution in [2.45, 2.75) is 64.4 Å². The number of hydrogen-bond donors (Lipinski definition) is 3. The van der Waals surface area contributed by atoms with Crippen LogP contribution in [0.1, 0.15) is 62.6 Å². The summed E-state index contributed by atoms with van der Waals surface area (Å²) in [6.45, 7) is 2.90. The number of fused-ring (bicyclic) bond motifs is 1. The quantitative estimate of drug-likeness (QED) is 0.142. The Bertz CT molecular complexity index is 1500. The lowest BCUT2D eigenvalue weighted by atomic mass is 9.68. The molecule has 4 atom stereocenters. The Hall–Kier alpha value is -3.16. The number of benzene rings is 2. The van der Waals surface area contributed by atoms with E-state index in [4.69, 9.17) is 0 Å². The predicted octanol–water partition coefficient (Wildman–Crippen LogP) is 7.65. The zero-order chi connectivity index (χ0) is 33.4. The molecule has 1 aliphatic heterocycles. The van der Waals surface area contributed by atoms with Gasteiger partial charge in [-0.05, 0) is 74.6 Å². The van der Waals surface area contributed by atoms with Gasteiger partial charge in [0.2, 0.25) is 11.8 Å². The van der Waals surface area contributed by atoms with E-state index in [-0.39, 0.29) is 24.7 Å². The standard InChI is InChI=1S/C32H32BrF6NO5/c1-3-4-17(10-18-11-21(33)6-8-25(18)42)5-7-26(43)27-16(2)9-23-28(24(27)15-41)30(45)40(29(23)44)22-13-19(31(34,35)36)12-20(14-22)32(37,38)39/h6,8,10-14,23-24,26,28,41-43H,3-5,7,9,15H2,1-2H3/b17-10+/t23-,24+,26-,28-/m1/s1. The maximum Gasteiger partial charge on any atom is 0.416 e. The molecule has 13 heteroatoms. The first-order valence-electron chi connectivity index (χ1n) is 14.3. The minimum atomic E-state index is -5.18. The molecule has 0 bridgehead atoms. The maximum absolute atomic E-state index is 13.6. The van der Waals surface area contributed by atoms with Crippen LogP contribution in [0.3, 0.4) is 0 Å². The zero-order valence-corrected chi connectivity index (χ0v) is 25.9. The topological polar surface area (TPSA) is 98.1 Å². The molecule has 3 N–H and O–H groups in total. The minimum Gasteiger partial charge on any atom is -0.507 e. The number of nitrogens with zero attached hydrogens (tertiary/aromatic N) is 1. The number of carbonyl (C=O) groups is 2. The summed E-state index contributed by atoms with van der Waals surface area (Å²) in [5.41, 5.74) is -1.87. The number of halogens is 7. The third-order valence-electron chi connectivity index (χ3n) is 8.37. The van der Waals surface area contributed by atoms with E-state index in [0.717, 1.165) is 16.5 Å². The monoisotopic (exact) mass is 703 g/mol. The SMILES string of the molecule is CCC/C(=C\c1cc(Br)ccc1O)CC[C@@H](O)C1=C(C)C[C@H]2C(=O)N(c3cc(C(F)(F)F)cc(C(F)(F)F)c3)C(=O)[C@H]2[C@H]1CO. The second kappa shape index (κ2) is 13.3. The molecule has 45 heavy (non-hydrogen) atoms. The lowest BCUT2D eigenvalue weighted by Crippen LogP contribution is -2.38. The molecule has 2 aromatic rings. The fourth-order valence-electron chi connectivity index (χ4n) is 6.37. The van der Waals surface area contributed by atoms with Gasteiger partial charge >= 0.3 is 12.4 Å². The number of phenols is 1. The summed E-state index contributed by atoms with van der Waals surface area (Å²) in [5, 5.41) is 32.0. The molecule has 2 amide bonds. The highest BCUT2D eigenvalue weighted by atomic mass is 79.9. The Morgan fingerprint density at radius 2 is 1.64 bits per heavy atom. The normalized spacial score (nSPS) is 21.9. The lowest BCUT2D eigenvalue weighted by molar-refractivity contribution is -0.143. The number of rotatable bonds is 9. The second-order valence-electron chi connectivity index (χ2n) is 11.4. The van der Waals surface area contributed by atoms with Gasteiger partial charge in [0.25, 0.3) is 0 Å². The van der Waals surface area contributed by atoms with Crippen molar-refractivity contribution in [3.8, 4) is 5.75 Å². The van der Waals surface area contributed by atoms with Crippen LogP contribution in [0.15, 0.2) is 57.6 Å². The third-order valence-corrected chi connectivity index (χ3v) is 8.87. The fraction of sp³-hybridized carbons (Fsp3) is 0.438. The van der Waals surface area contributed by atoms with Crippen molar-refractivity contribution in [1.29, 1.82) is 0 Å². The Labute approximate surface area is 264 Å². The van der Waals surface area contributed by atoms with Crippen LogP contribution < -0.4 is 4.90 Å². The van der Waals surface area contributed by atoms with Gasteiger partial charge in [0, 0.05) is 16.0 Å². The number of amides is 2. The number of carbonyl (C=O) groups excluding carboxylic acids is 2. The van der Waals surface area contributed by atoms with E-state index in [1.54, 1.807) is 25.1 Å². The highest BCUT2D eigenvalue weighted by Crippen LogP contribution is 2.48. The van der Waals surface area contributed by atoms with E-state index in [1.807, 2.05) is 13.0 Å². The number of alkyl halides is 6. The molecule has 1 fully saturated rings. The van der Waals surface area contributed by atoms with Crippen LogP contribution in [0.4, 0.5) is 32.0 Å². The summed E-state index contributed by atoms with van der Waals surface area (Å²) >= 11 is 3.37. The average Bonchev–Trinajstić information content (AvgIpc) is 3.20. The van der Waals surface area contributed by atoms with Gasteiger partial charge in [0.1, 0.15) is 5.75 Å². The number of imide groups is 1. The molecule has 244 valence electrons. The maximum atomic E-state index is 13.6. The van der Waals surface area contributed by atoms with Crippen molar-refractivity contribution in [3.05, 3.63) is 74.3 Å². The molecular formula is C32H32BrF6NO5. The van der Waals surface area contributed by atoms with Crippen molar-refractivity contribution in [1.82, 2.24) is 0 Å². The Morgan fingerprint density at radius 3 is 2.20 bits per heavy atom.